The van der Waals surface area contributed by atoms with E-state index < -0.39 is 0 Å². The van der Waals surface area contributed by atoms with Crippen LogP contribution in [0.2, 0.25) is 0 Å². The molecule has 1 aliphatic carbocycles. The molecule has 3 nitrogen and oxygen atoms in total. The molecule has 1 saturated carbocycles. The molecule has 0 bridgehead atoms. The fourth-order valence-corrected chi connectivity index (χ4v) is 2.05. The molecule has 4 heteroatoms. The molecule has 0 saturated heterocycles. The first-order chi connectivity index (χ1) is 9.13. The number of hydrogen-bond acceptors (Lipinski definition) is 2. The largest absolute Gasteiger partial charge is 0.353 e. The van der Waals surface area contributed by atoms with Crippen LogP contribution in [0.3, 0.4) is 0 Å². The van der Waals surface area contributed by atoms with Crippen molar-refractivity contribution in [1.82, 2.24) is 10.6 Å². The van der Waals surface area contributed by atoms with Crippen LogP contribution in [0.5, 0.6) is 0 Å². The summed E-state index contributed by atoms with van der Waals surface area (Å²) in [5.74, 6) is -0.0820. The average molecular weight is 264 g/mol. The predicted octanol–water partition coefficient (Wildman–Crippen LogP) is 2.01. The standard InChI is InChI=1S/C15H21FN2O/c1-11(9-12-3-2-4-13(16)10-12)17-8-7-15(19)18-14-5-6-14/h2-4,10-11,14,17H,5-9H2,1H3,(H,18,19). The molecule has 1 unspecified atom stereocenters. The Morgan fingerprint density at radius 1 is 1.47 bits per heavy atom. The van der Waals surface area contributed by atoms with Crippen molar-refractivity contribution in [3.8, 4) is 0 Å². The number of carbonyl (C=O) groups excluding carboxylic acids is 1. The van der Waals surface area contributed by atoms with Crippen molar-refractivity contribution in [2.24, 2.45) is 0 Å². The third kappa shape index (κ3) is 5.39. The highest BCUT2D eigenvalue weighted by atomic mass is 19.1. The lowest BCUT2D eigenvalue weighted by Gasteiger charge is -2.13. The summed E-state index contributed by atoms with van der Waals surface area (Å²) in [4.78, 5) is 11.5. The molecule has 1 aromatic rings. The van der Waals surface area contributed by atoms with Crippen LogP contribution in [0.4, 0.5) is 4.39 Å². The molecule has 1 fully saturated rings. The SMILES string of the molecule is CC(Cc1cccc(F)c1)NCCC(=O)NC1CC1. The molecular weight excluding hydrogens is 243 g/mol. The number of halogens is 1. The molecule has 1 aromatic carbocycles. The average Bonchev–Trinajstić information content (AvgIpc) is 3.12. The van der Waals surface area contributed by atoms with Crippen molar-refractivity contribution in [2.45, 2.75) is 44.7 Å². The zero-order valence-corrected chi connectivity index (χ0v) is 11.3. The second kappa shape index (κ2) is 6.66. The van der Waals surface area contributed by atoms with E-state index in [1.165, 1.54) is 6.07 Å². The van der Waals surface area contributed by atoms with Gasteiger partial charge in [0.2, 0.25) is 5.91 Å². The molecular formula is C15H21FN2O. The van der Waals surface area contributed by atoms with E-state index in [9.17, 15) is 9.18 Å². The van der Waals surface area contributed by atoms with Gasteiger partial charge in [-0.2, -0.15) is 0 Å². The van der Waals surface area contributed by atoms with Crippen LogP contribution in [-0.4, -0.2) is 24.5 Å². The number of nitrogens with one attached hydrogen (secondary N) is 2. The fraction of sp³-hybridized carbons (Fsp3) is 0.533. The Bertz CT molecular complexity index is 432. The number of hydrogen-bond donors (Lipinski definition) is 2. The highest BCUT2D eigenvalue weighted by Gasteiger charge is 2.22. The van der Waals surface area contributed by atoms with E-state index in [0.717, 1.165) is 24.8 Å². The van der Waals surface area contributed by atoms with Gasteiger partial charge in [0.1, 0.15) is 5.82 Å². The van der Waals surface area contributed by atoms with E-state index in [4.69, 9.17) is 0 Å². The molecule has 2 N–H and O–H groups in total. The molecule has 1 amide bonds. The number of amides is 1. The molecule has 104 valence electrons. The Balaban J connectivity index is 1.63. The van der Waals surface area contributed by atoms with Gasteiger partial charge < -0.3 is 10.6 Å². The Hall–Kier alpha value is -1.42. The van der Waals surface area contributed by atoms with Crippen LogP contribution in [0.15, 0.2) is 24.3 Å². The number of rotatable bonds is 7. The third-order valence-electron chi connectivity index (χ3n) is 3.22. The van der Waals surface area contributed by atoms with Gasteiger partial charge in [0, 0.05) is 25.0 Å². The van der Waals surface area contributed by atoms with Crippen molar-refractivity contribution >= 4 is 5.91 Å². The molecule has 2 rings (SSSR count). The topological polar surface area (TPSA) is 41.1 Å². The summed E-state index contributed by atoms with van der Waals surface area (Å²) >= 11 is 0. The van der Waals surface area contributed by atoms with E-state index in [-0.39, 0.29) is 17.8 Å². The normalized spacial score (nSPS) is 16.1. The number of benzene rings is 1. The summed E-state index contributed by atoms with van der Waals surface area (Å²) in [5.41, 5.74) is 0.974. The first kappa shape index (κ1) is 14.0. The van der Waals surface area contributed by atoms with Crippen molar-refractivity contribution in [3.63, 3.8) is 0 Å². The lowest BCUT2D eigenvalue weighted by Crippen LogP contribution is -2.33. The summed E-state index contributed by atoms with van der Waals surface area (Å²) in [7, 11) is 0. The second-order valence-corrected chi connectivity index (χ2v) is 5.28. The third-order valence-corrected chi connectivity index (χ3v) is 3.22. The van der Waals surface area contributed by atoms with Gasteiger partial charge in [-0.1, -0.05) is 12.1 Å². The van der Waals surface area contributed by atoms with E-state index in [0.29, 0.717) is 19.0 Å². The zero-order valence-electron chi connectivity index (χ0n) is 11.3. The van der Waals surface area contributed by atoms with Gasteiger partial charge in [0.05, 0.1) is 0 Å². The molecule has 0 aromatic heterocycles. The quantitative estimate of drug-likeness (QED) is 0.791. The van der Waals surface area contributed by atoms with Crippen LogP contribution in [0.25, 0.3) is 0 Å². The van der Waals surface area contributed by atoms with Gasteiger partial charge in [-0.25, -0.2) is 4.39 Å². The van der Waals surface area contributed by atoms with Crippen molar-refractivity contribution in [2.75, 3.05) is 6.54 Å². The molecule has 0 heterocycles. The Labute approximate surface area is 113 Å². The molecule has 0 radical (unpaired) electrons. The highest BCUT2D eigenvalue weighted by molar-refractivity contribution is 5.76. The summed E-state index contributed by atoms with van der Waals surface area (Å²) in [6.07, 6.45) is 3.51. The first-order valence-corrected chi connectivity index (χ1v) is 6.90. The van der Waals surface area contributed by atoms with E-state index in [1.54, 1.807) is 12.1 Å². The lowest BCUT2D eigenvalue weighted by molar-refractivity contribution is -0.121. The number of carbonyl (C=O) groups is 1. The molecule has 1 aliphatic rings. The molecule has 0 aliphatic heterocycles. The van der Waals surface area contributed by atoms with Gasteiger partial charge in [0.15, 0.2) is 0 Å². The van der Waals surface area contributed by atoms with Crippen LogP contribution < -0.4 is 10.6 Å². The summed E-state index contributed by atoms with van der Waals surface area (Å²) in [6.45, 7) is 2.71. The van der Waals surface area contributed by atoms with Gasteiger partial charge >= 0.3 is 0 Å². The minimum atomic E-state index is -0.200. The highest BCUT2D eigenvalue weighted by Crippen LogP contribution is 2.18. The Morgan fingerprint density at radius 3 is 2.95 bits per heavy atom. The van der Waals surface area contributed by atoms with Crippen molar-refractivity contribution in [1.29, 1.82) is 0 Å². The van der Waals surface area contributed by atoms with Gasteiger partial charge in [0.25, 0.3) is 0 Å². The summed E-state index contributed by atoms with van der Waals surface area (Å²) < 4.78 is 13.0. The van der Waals surface area contributed by atoms with Crippen LogP contribution >= 0.6 is 0 Å². The minimum absolute atomic E-state index is 0.118. The molecule has 19 heavy (non-hydrogen) atoms. The van der Waals surface area contributed by atoms with Crippen LogP contribution in [0.1, 0.15) is 31.7 Å². The van der Waals surface area contributed by atoms with Crippen molar-refractivity contribution < 1.29 is 9.18 Å². The summed E-state index contributed by atoms with van der Waals surface area (Å²) in [5, 5.41) is 6.25. The maximum absolute atomic E-state index is 13.0. The van der Waals surface area contributed by atoms with E-state index in [1.807, 2.05) is 13.0 Å². The maximum atomic E-state index is 13.0. The van der Waals surface area contributed by atoms with Gasteiger partial charge in [-0.15, -0.1) is 0 Å². The lowest BCUT2D eigenvalue weighted by atomic mass is 10.1. The molecule has 1 atom stereocenters. The van der Waals surface area contributed by atoms with Crippen LogP contribution in [-0.2, 0) is 11.2 Å². The zero-order chi connectivity index (χ0) is 13.7. The van der Waals surface area contributed by atoms with E-state index >= 15 is 0 Å². The second-order valence-electron chi connectivity index (χ2n) is 5.28. The van der Waals surface area contributed by atoms with E-state index in [2.05, 4.69) is 10.6 Å². The van der Waals surface area contributed by atoms with Crippen LogP contribution in [0, 0.1) is 5.82 Å². The summed E-state index contributed by atoms with van der Waals surface area (Å²) in [6, 6.07) is 7.30. The Kier molecular flexibility index (Phi) is 4.91. The smallest absolute Gasteiger partial charge is 0.221 e. The Morgan fingerprint density at radius 2 is 2.26 bits per heavy atom. The fourth-order valence-electron chi connectivity index (χ4n) is 2.05. The molecule has 0 spiro atoms. The first-order valence-electron chi connectivity index (χ1n) is 6.90. The maximum Gasteiger partial charge on any atom is 0.221 e. The minimum Gasteiger partial charge on any atom is -0.353 e. The predicted molar refractivity (Wildman–Crippen MR) is 73.4 cm³/mol. The van der Waals surface area contributed by atoms with Gasteiger partial charge in [-0.05, 0) is 43.9 Å². The van der Waals surface area contributed by atoms with Gasteiger partial charge in [-0.3, -0.25) is 4.79 Å². The van der Waals surface area contributed by atoms with Crippen molar-refractivity contribution in [3.05, 3.63) is 35.6 Å². The monoisotopic (exact) mass is 264 g/mol.